The molecule has 1 aromatic carbocycles. The summed E-state index contributed by atoms with van der Waals surface area (Å²) in [5.74, 6) is 1.37. The van der Waals surface area contributed by atoms with Crippen molar-refractivity contribution >= 4 is 35.0 Å². The van der Waals surface area contributed by atoms with Gasteiger partial charge >= 0.3 is 0 Å². The first-order valence-corrected chi connectivity index (χ1v) is 5.45. The average molecular weight is 214 g/mol. The first-order chi connectivity index (χ1) is 6.27. The first-order valence-electron chi connectivity index (χ1n) is 3.92. The second-order valence-corrected chi connectivity index (χ2v) is 4.21. The third-order valence-corrected chi connectivity index (χ3v) is 3.15. The molecule has 0 aliphatic carbocycles. The van der Waals surface area contributed by atoms with Crippen molar-refractivity contribution in [1.82, 2.24) is 0 Å². The lowest BCUT2D eigenvalue weighted by Crippen LogP contribution is -2.12. The molecule has 0 atom stereocenters. The number of carbonyl (C=O) groups excluding carboxylic acids is 1. The number of nitrogens with one attached hydrogen (secondary N) is 1. The van der Waals surface area contributed by atoms with E-state index in [1.165, 1.54) is 0 Å². The zero-order chi connectivity index (χ0) is 9.26. The van der Waals surface area contributed by atoms with E-state index in [4.69, 9.17) is 11.6 Å². The summed E-state index contributed by atoms with van der Waals surface area (Å²) in [5, 5.41) is 3.42. The smallest absolute Gasteiger partial charge is 0.234 e. The molecule has 1 aliphatic heterocycles. The standard InChI is InChI=1S/C9H8ClNOS/c10-7-3-1-2-6-4-13-5-8(12)11-9(6)7/h1-3H,4-5H2,(H,11,12). The predicted molar refractivity (Wildman–Crippen MR) is 56.2 cm³/mol. The number of anilines is 1. The van der Waals surface area contributed by atoms with Crippen LogP contribution in [0.1, 0.15) is 5.56 Å². The molecule has 0 saturated carbocycles. The van der Waals surface area contributed by atoms with Crippen LogP contribution >= 0.6 is 23.4 Å². The Hall–Kier alpha value is -0.670. The zero-order valence-electron chi connectivity index (χ0n) is 6.84. The fraction of sp³-hybridized carbons (Fsp3) is 0.222. The van der Waals surface area contributed by atoms with Gasteiger partial charge in [-0.1, -0.05) is 23.7 Å². The number of halogens is 1. The number of amides is 1. The molecule has 1 amide bonds. The first kappa shape index (κ1) is 8.91. The van der Waals surface area contributed by atoms with E-state index in [1.54, 1.807) is 17.8 Å². The molecule has 0 saturated heterocycles. The summed E-state index contributed by atoms with van der Waals surface area (Å²) in [6, 6.07) is 5.68. The zero-order valence-corrected chi connectivity index (χ0v) is 8.41. The second-order valence-electron chi connectivity index (χ2n) is 2.81. The van der Waals surface area contributed by atoms with Gasteiger partial charge in [-0.3, -0.25) is 4.79 Å². The molecule has 68 valence electrons. The van der Waals surface area contributed by atoms with Crippen molar-refractivity contribution in [3.8, 4) is 0 Å². The Bertz CT molecular complexity index is 353. The van der Waals surface area contributed by atoms with Gasteiger partial charge in [0.25, 0.3) is 0 Å². The quantitative estimate of drug-likeness (QED) is 0.718. The van der Waals surface area contributed by atoms with Crippen molar-refractivity contribution in [2.45, 2.75) is 5.75 Å². The maximum Gasteiger partial charge on any atom is 0.234 e. The molecule has 0 bridgehead atoms. The lowest BCUT2D eigenvalue weighted by Gasteiger charge is -2.06. The van der Waals surface area contributed by atoms with Crippen molar-refractivity contribution in [2.24, 2.45) is 0 Å². The predicted octanol–water partition coefficient (Wildman–Crippen LogP) is 2.53. The van der Waals surface area contributed by atoms with E-state index in [-0.39, 0.29) is 5.91 Å². The highest BCUT2D eigenvalue weighted by atomic mass is 35.5. The summed E-state index contributed by atoms with van der Waals surface area (Å²) in [4.78, 5) is 11.2. The molecule has 0 radical (unpaired) electrons. The number of rotatable bonds is 0. The summed E-state index contributed by atoms with van der Waals surface area (Å²) >= 11 is 7.56. The van der Waals surface area contributed by atoms with Crippen molar-refractivity contribution in [3.63, 3.8) is 0 Å². The Balaban J connectivity index is 2.46. The fourth-order valence-corrected chi connectivity index (χ4v) is 2.32. The van der Waals surface area contributed by atoms with Crippen LogP contribution in [0.25, 0.3) is 0 Å². The van der Waals surface area contributed by atoms with Gasteiger partial charge in [-0.25, -0.2) is 0 Å². The molecule has 1 aliphatic rings. The molecule has 1 aromatic rings. The van der Waals surface area contributed by atoms with E-state index < -0.39 is 0 Å². The Morgan fingerprint density at radius 1 is 1.38 bits per heavy atom. The van der Waals surface area contributed by atoms with Gasteiger partial charge in [-0.05, 0) is 11.6 Å². The molecule has 2 nitrogen and oxygen atoms in total. The van der Waals surface area contributed by atoms with Crippen molar-refractivity contribution in [2.75, 3.05) is 11.1 Å². The Morgan fingerprint density at radius 2 is 2.23 bits per heavy atom. The van der Waals surface area contributed by atoms with Gasteiger partial charge in [0, 0.05) is 5.75 Å². The van der Waals surface area contributed by atoms with Crippen LogP contribution in [0.5, 0.6) is 0 Å². The number of carbonyl (C=O) groups is 1. The minimum absolute atomic E-state index is 0.0249. The normalized spacial score (nSPS) is 15.9. The van der Waals surface area contributed by atoms with Crippen LogP contribution in [-0.2, 0) is 10.5 Å². The molecule has 4 heteroatoms. The van der Waals surface area contributed by atoms with E-state index >= 15 is 0 Å². The number of fused-ring (bicyclic) bond motifs is 1. The highest BCUT2D eigenvalue weighted by Gasteiger charge is 2.14. The summed E-state index contributed by atoms with van der Waals surface area (Å²) in [6.07, 6.45) is 0. The summed E-state index contributed by atoms with van der Waals surface area (Å²) in [5.41, 5.74) is 1.88. The lowest BCUT2D eigenvalue weighted by atomic mass is 10.2. The molecule has 13 heavy (non-hydrogen) atoms. The molecule has 1 heterocycles. The van der Waals surface area contributed by atoms with E-state index in [2.05, 4.69) is 5.32 Å². The summed E-state index contributed by atoms with van der Waals surface area (Å²) < 4.78 is 0. The van der Waals surface area contributed by atoms with Crippen LogP contribution < -0.4 is 5.32 Å². The Labute approximate surface area is 85.7 Å². The number of thioether (sulfide) groups is 1. The topological polar surface area (TPSA) is 29.1 Å². The molecule has 1 N–H and O–H groups in total. The summed E-state index contributed by atoms with van der Waals surface area (Å²) in [7, 11) is 0. The van der Waals surface area contributed by atoms with Gasteiger partial charge in [0.15, 0.2) is 0 Å². The monoisotopic (exact) mass is 213 g/mol. The van der Waals surface area contributed by atoms with Crippen LogP contribution in [0.15, 0.2) is 18.2 Å². The van der Waals surface area contributed by atoms with Gasteiger partial charge in [-0.15, -0.1) is 11.8 Å². The van der Waals surface area contributed by atoms with Gasteiger partial charge in [0.2, 0.25) is 5.91 Å². The Kier molecular flexibility index (Phi) is 2.47. The number of benzene rings is 1. The highest BCUT2D eigenvalue weighted by Crippen LogP contribution is 2.31. The van der Waals surface area contributed by atoms with Gasteiger partial charge in [0.05, 0.1) is 16.5 Å². The van der Waals surface area contributed by atoms with Crippen LogP contribution in [-0.4, -0.2) is 11.7 Å². The second kappa shape index (κ2) is 3.60. The maximum absolute atomic E-state index is 11.2. The van der Waals surface area contributed by atoms with Crippen LogP contribution in [0.3, 0.4) is 0 Å². The van der Waals surface area contributed by atoms with Gasteiger partial charge in [-0.2, -0.15) is 0 Å². The third-order valence-electron chi connectivity index (χ3n) is 1.86. The minimum atomic E-state index is 0.0249. The SMILES string of the molecule is O=C1CSCc2cccc(Cl)c2N1. The lowest BCUT2D eigenvalue weighted by molar-refractivity contribution is -0.113. The molecular weight excluding hydrogens is 206 g/mol. The average Bonchev–Trinajstić information content (AvgIpc) is 2.28. The van der Waals surface area contributed by atoms with Gasteiger partial charge < -0.3 is 5.32 Å². The van der Waals surface area contributed by atoms with Crippen LogP contribution in [0.2, 0.25) is 5.02 Å². The largest absolute Gasteiger partial charge is 0.324 e. The number of para-hydroxylation sites is 1. The molecule has 0 unspecified atom stereocenters. The fourth-order valence-electron chi connectivity index (χ4n) is 1.26. The maximum atomic E-state index is 11.2. The van der Waals surface area contributed by atoms with Crippen molar-refractivity contribution in [1.29, 1.82) is 0 Å². The van der Waals surface area contributed by atoms with Gasteiger partial charge in [0.1, 0.15) is 0 Å². The number of hydrogen-bond donors (Lipinski definition) is 1. The van der Waals surface area contributed by atoms with Crippen molar-refractivity contribution in [3.05, 3.63) is 28.8 Å². The van der Waals surface area contributed by atoms with E-state index in [0.717, 1.165) is 17.0 Å². The molecule has 0 fully saturated rings. The molecule has 0 aromatic heterocycles. The minimum Gasteiger partial charge on any atom is -0.324 e. The van der Waals surface area contributed by atoms with E-state index in [0.29, 0.717) is 10.8 Å². The molecule has 2 rings (SSSR count). The van der Waals surface area contributed by atoms with Crippen LogP contribution in [0, 0.1) is 0 Å². The molecular formula is C9H8ClNOS. The Morgan fingerprint density at radius 3 is 3.08 bits per heavy atom. The van der Waals surface area contributed by atoms with E-state index in [9.17, 15) is 4.79 Å². The molecule has 0 spiro atoms. The van der Waals surface area contributed by atoms with Crippen molar-refractivity contribution < 1.29 is 4.79 Å². The van der Waals surface area contributed by atoms with E-state index in [1.807, 2.05) is 12.1 Å². The van der Waals surface area contributed by atoms with Crippen LogP contribution in [0.4, 0.5) is 5.69 Å². The number of hydrogen-bond acceptors (Lipinski definition) is 2. The highest BCUT2D eigenvalue weighted by molar-refractivity contribution is 7.99. The summed E-state index contributed by atoms with van der Waals surface area (Å²) in [6.45, 7) is 0. The third kappa shape index (κ3) is 1.81.